The third-order valence-corrected chi connectivity index (χ3v) is 4.07. The Bertz CT molecular complexity index is 331. The summed E-state index contributed by atoms with van der Waals surface area (Å²) in [6.07, 6.45) is 4.33. The van der Waals surface area contributed by atoms with Gasteiger partial charge >= 0.3 is 0 Å². The van der Waals surface area contributed by atoms with Crippen LogP contribution in [0.5, 0.6) is 0 Å². The second-order valence-corrected chi connectivity index (χ2v) is 5.48. The van der Waals surface area contributed by atoms with Gasteiger partial charge in [-0.15, -0.1) is 0 Å². The van der Waals surface area contributed by atoms with Crippen LogP contribution in [0.2, 0.25) is 0 Å². The quantitative estimate of drug-likeness (QED) is 0.896. The Morgan fingerprint density at radius 1 is 1.60 bits per heavy atom. The molecule has 0 radical (unpaired) electrons. The first-order valence-corrected chi connectivity index (χ1v) is 6.30. The van der Waals surface area contributed by atoms with Crippen molar-refractivity contribution < 1.29 is 0 Å². The normalized spacial score (nSPS) is 26.5. The molecule has 0 aliphatic carbocycles. The fourth-order valence-corrected chi connectivity index (χ4v) is 3.35. The summed E-state index contributed by atoms with van der Waals surface area (Å²) in [7, 11) is 2.02. The molecule has 2 rings (SSSR count). The molecule has 1 aliphatic rings. The number of aromatic nitrogens is 2. The molecule has 1 aromatic rings. The summed E-state index contributed by atoms with van der Waals surface area (Å²) in [5, 5.41) is 7.98. The van der Waals surface area contributed by atoms with Gasteiger partial charge in [0.05, 0.1) is 21.9 Å². The van der Waals surface area contributed by atoms with Gasteiger partial charge in [-0.3, -0.25) is 4.68 Å². The van der Waals surface area contributed by atoms with Gasteiger partial charge in [0.25, 0.3) is 0 Å². The highest BCUT2D eigenvalue weighted by Gasteiger charge is 2.41. The molecular formula is C11H18BrN3. The molecule has 4 heteroatoms. The van der Waals surface area contributed by atoms with E-state index in [2.05, 4.69) is 40.2 Å². The Balaban J connectivity index is 2.50. The fourth-order valence-electron chi connectivity index (χ4n) is 2.65. The van der Waals surface area contributed by atoms with E-state index in [1.54, 1.807) is 0 Å². The number of nitrogens with one attached hydrogen (secondary N) is 1. The van der Waals surface area contributed by atoms with Crippen LogP contribution < -0.4 is 5.32 Å². The molecule has 1 N–H and O–H groups in total. The molecule has 0 bridgehead atoms. The molecule has 0 aromatic carbocycles. The van der Waals surface area contributed by atoms with Crippen molar-refractivity contribution in [1.29, 1.82) is 0 Å². The zero-order valence-electron chi connectivity index (χ0n) is 9.55. The minimum Gasteiger partial charge on any atom is -0.306 e. The maximum absolute atomic E-state index is 4.32. The number of hydrogen-bond acceptors (Lipinski definition) is 2. The van der Waals surface area contributed by atoms with Crippen LogP contribution in [0.4, 0.5) is 0 Å². The van der Waals surface area contributed by atoms with Gasteiger partial charge in [-0.25, -0.2) is 0 Å². The highest BCUT2D eigenvalue weighted by molar-refractivity contribution is 9.10. The van der Waals surface area contributed by atoms with E-state index in [0.717, 1.165) is 11.0 Å². The van der Waals surface area contributed by atoms with Gasteiger partial charge in [-0.05, 0) is 41.2 Å². The van der Waals surface area contributed by atoms with Crippen LogP contribution in [-0.2, 0) is 12.6 Å². The van der Waals surface area contributed by atoms with Crippen LogP contribution in [0.3, 0.4) is 0 Å². The third-order valence-electron chi connectivity index (χ3n) is 3.49. The minimum absolute atomic E-state index is 0.101. The van der Waals surface area contributed by atoms with E-state index in [4.69, 9.17) is 0 Å². The number of halogens is 1. The Hall–Kier alpha value is -0.350. The molecule has 2 heterocycles. The van der Waals surface area contributed by atoms with Crippen LogP contribution >= 0.6 is 15.9 Å². The molecule has 1 fully saturated rings. The molecule has 3 nitrogen and oxygen atoms in total. The Morgan fingerprint density at radius 2 is 2.33 bits per heavy atom. The van der Waals surface area contributed by atoms with Gasteiger partial charge in [-0.2, -0.15) is 5.10 Å². The van der Waals surface area contributed by atoms with Crippen molar-refractivity contribution in [3.8, 4) is 0 Å². The van der Waals surface area contributed by atoms with E-state index in [1.165, 1.54) is 18.5 Å². The van der Waals surface area contributed by atoms with Gasteiger partial charge in [0.15, 0.2) is 0 Å². The summed E-state index contributed by atoms with van der Waals surface area (Å²) in [6, 6.07) is 0. The van der Waals surface area contributed by atoms with Crippen LogP contribution in [0.15, 0.2) is 10.7 Å². The average molecular weight is 272 g/mol. The molecule has 0 saturated carbocycles. The third kappa shape index (κ3) is 1.64. The molecule has 84 valence electrons. The zero-order valence-corrected chi connectivity index (χ0v) is 11.1. The van der Waals surface area contributed by atoms with E-state index in [1.807, 2.05) is 17.9 Å². The monoisotopic (exact) mass is 271 g/mol. The molecule has 1 saturated heterocycles. The number of hydrogen-bond donors (Lipinski definition) is 1. The summed E-state index contributed by atoms with van der Waals surface area (Å²) in [5.41, 5.74) is 1.39. The summed E-state index contributed by atoms with van der Waals surface area (Å²) in [6.45, 7) is 5.66. The second kappa shape index (κ2) is 3.91. The lowest BCUT2D eigenvalue weighted by Gasteiger charge is -2.34. The maximum Gasteiger partial charge on any atom is 0.0726 e. The smallest absolute Gasteiger partial charge is 0.0726 e. The fraction of sp³-hybridized carbons (Fsp3) is 0.727. The van der Waals surface area contributed by atoms with Gasteiger partial charge < -0.3 is 5.32 Å². The van der Waals surface area contributed by atoms with Gasteiger partial charge in [0.2, 0.25) is 0 Å². The van der Waals surface area contributed by atoms with E-state index >= 15 is 0 Å². The Kier molecular flexibility index (Phi) is 2.90. The molecule has 15 heavy (non-hydrogen) atoms. The summed E-state index contributed by atoms with van der Waals surface area (Å²) in [4.78, 5) is 0. The van der Waals surface area contributed by atoms with E-state index in [-0.39, 0.29) is 5.54 Å². The lowest BCUT2D eigenvalue weighted by molar-refractivity contribution is 0.258. The zero-order chi connectivity index (χ0) is 11.1. The highest BCUT2D eigenvalue weighted by atomic mass is 79.9. The number of nitrogens with zero attached hydrogens (tertiary/aromatic N) is 2. The van der Waals surface area contributed by atoms with Gasteiger partial charge in [-0.1, -0.05) is 13.8 Å². The minimum atomic E-state index is 0.101. The lowest BCUT2D eigenvalue weighted by atomic mass is 9.82. The van der Waals surface area contributed by atoms with Crippen LogP contribution in [-0.4, -0.2) is 16.3 Å². The molecule has 0 amide bonds. The van der Waals surface area contributed by atoms with Crippen molar-refractivity contribution in [1.82, 2.24) is 15.1 Å². The highest BCUT2D eigenvalue weighted by Crippen LogP contribution is 2.40. The first-order valence-electron chi connectivity index (χ1n) is 5.51. The van der Waals surface area contributed by atoms with Crippen molar-refractivity contribution >= 4 is 15.9 Å². The molecular weight excluding hydrogens is 254 g/mol. The largest absolute Gasteiger partial charge is 0.306 e. The number of aryl methyl sites for hydroxylation is 1. The van der Waals surface area contributed by atoms with Crippen LogP contribution in [0.1, 0.15) is 32.4 Å². The summed E-state index contributed by atoms with van der Waals surface area (Å²) in [5.74, 6) is 0.576. The number of rotatable bonds is 2. The van der Waals surface area contributed by atoms with Crippen molar-refractivity contribution in [2.45, 2.75) is 32.2 Å². The van der Waals surface area contributed by atoms with Gasteiger partial charge in [0, 0.05) is 7.05 Å². The molecule has 1 atom stereocenters. The second-order valence-electron chi connectivity index (χ2n) is 4.62. The predicted molar refractivity (Wildman–Crippen MR) is 64.7 cm³/mol. The first-order chi connectivity index (χ1) is 7.08. The van der Waals surface area contributed by atoms with Crippen molar-refractivity contribution in [3.05, 3.63) is 16.4 Å². The Morgan fingerprint density at radius 3 is 2.73 bits per heavy atom. The molecule has 1 aliphatic heterocycles. The predicted octanol–water partition coefficient (Wildman–Crippen LogP) is 2.42. The van der Waals surface area contributed by atoms with E-state index in [0.29, 0.717) is 5.92 Å². The van der Waals surface area contributed by atoms with Crippen LogP contribution in [0.25, 0.3) is 0 Å². The van der Waals surface area contributed by atoms with Crippen molar-refractivity contribution in [3.63, 3.8) is 0 Å². The maximum atomic E-state index is 4.32. The van der Waals surface area contributed by atoms with Crippen LogP contribution in [0, 0.1) is 5.92 Å². The molecule has 0 spiro atoms. The lowest BCUT2D eigenvalue weighted by Crippen LogP contribution is -2.43. The van der Waals surface area contributed by atoms with Gasteiger partial charge in [0.1, 0.15) is 0 Å². The topological polar surface area (TPSA) is 29.9 Å². The van der Waals surface area contributed by atoms with E-state index in [9.17, 15) is 0 Å². The standard InChI is InChI=1S/C11H18BrN3/c1-8(2)11(5-4-6-13-11)10-9(12)7-14-15(10)3/h7-8,13H,4-6H2,1-3H3. The summed E-state index contributed by atoms with van der Waals surface area (Å²) >= 11 is 3.61. The SMILES string of the molecule is CC(C)C1(c2c(Br)cnn2C)CCCN1. The first kappa shape index (κ1) is 11.1. The van der Waals surface area contributed by atoms with Crippen molar-refractivity contribution in [2.24, 2.45) is 13.0 Å². The molecule has 1 unspecified atom stereocenters. The molecule has 1 aromatic heterocycles. The Labute approximate surface area is 99.4 Å². The van der Waals surface area contributed by atoms with E-state index < -0.39 is 0 Å². The average Bonchev–Trinajstić information content (AvgIpc) is 2.74. The summed E-state index contributed by atoms with van der Waals surface area (Å²) < 4.78 is 3.11. The van der Waals surface area contributed by atoms with Crippen molar-refractivity contribution in [2.75, 3.05) is 6.54 Å².